The second-order valence-corrected chi connectivity index (χ2v) is 18.2. The summed E-state index contributed by atoms with van der Waals surface area (Å²) in [5.74, 6) is 1.59. The second-order valence-electron chi connectivity index (χ2n) is 17.0. The van der Waals surface area contributed by atoms with Crippen LogP contribution >= 0.6 is 11.9 Å². The molecular formula is C48H77N5O10S. The Morgan fingerprint density at radius 2 is 1.47 bits per heavy atom. The zero-order valence-electron chi connectivity index (χ0n) is 40.1. The van der Waals surface area contributed by atoms with Gasteiger partial charge in [0.1, 0.15) is 23.8 Å². The van der Waals surface area contributed by atoms with Crippen molar-refractivity contribution in [3.63, 3.8) is 0 Å². The lowest BCUT2D eigenvalue weighted by molar-refractivity contribution is -0.142. The van der Waals surface area contributed by atoms with E-state index in [-0.39, 0.29) is 42.6 Å². The first-order chi connectivity index (χ1) is 30.6. The fourth-order valence-electron chi connectivity index (χ4n) is 6.52. The van der Waals surface area contributed by atoms with E-state index < -0.39 is 5.60 Å². The minimum atomic E-state index is -0.897. The van der Waals surface area contributed by atoms with Crippen LogP contribution in [0.1, 0.15) is 88.5 Å². The molecule has 0 aromatic heterocycles. The van der Waals surface area contributed by atoms with Crippen LogP contribution < -0.4 is 15.4 Å². The lowest BCUT2D eigenvalue weighted by atomic mass is 9.98. The van der Waals surface area contributed by atoms with Gasteiger partial charge >= 0.3 is 0 Å². The number of likely N-dealkylation sites (N-methyl/N-ethyl adjacent to an activating group) is 1. The summed E-state index contributed by atoms with van der Waals surface area (Å²) in [5, 5.41) is 6.19. The Bertz CT molecular complexity index is 1700. The summed E-state index contributed by atoms with van der Waals surface area (Å²) >= 11 is 1.66. The minimum absolute atomic E-state index is 0.00238. The Balaban J connectivity index is 1.26. The lowest BCUT2D eigenvalue weighted by Gasteiger charge is -2.28. The first-order valence-electron chi connectivity index (χ1n) is 22.6. The molecule has 3 rings (SSSR count). The highest BCUT2D eigenvalue weighted by atomic mass is 32.2. The van der Waals surface area contributed by atoms with Crippen LogP contribution in [-0.2, 0) is 49.3 Å². The van der Waals surface area contributed by atoms with Crippen LogP contribution in [0.25, 0.3) is 0 Å². The van der Waals surface area contributed by atoms with Gasteiger partial charge in [0, 0.05) is 76.3 Å². The van der Waals surface area contributed by atoms with Gasteiger partial charge in [-0.25, -0.2) is 4.31 Å². The van der Waals surface area contributed by atoms with Crippen LogP contribution in [0.5, 0.6) is 5.75 Å². The number of rotatable bonds is 35. The monoisotopic (exact) mass is 916 g/mol. The summed E-state index contributed by atoms with van der Waals surface area (Å²) in [6.45, 7) is 19.0. The van der Waals surface area contributed by atoms with Crippen molar-refractivity contribution in [2.45, 2.75) is 103 Å². The number of hydrogen-bond donors (Lipinski definition) is 2. The van der Waals surface area contributed by atoms with E-state index >= 15 is 0 Å². The standard InChI is InChI=1S/C48H77N5O10S/c1-37-33-41(57-8)34-38(2)45(37)64-52(7)24-28-62-36-44(56)53(35-39-15-17-40(18-16-39)46-50-21-22-51-46)23-12-26-60-30-32-61-31-29-59-25-11-20-49-43(55)14-10-13-42(54)48(5,6)63-27-19-47(3,4)58-9/h15-18,33-34H,10-14,19-32,35-36H2,1-9H3,(H,49,55)(H,50,51). The third kappa shape index (κ3) is 21.6. The fourth-order valence-corrected chi connectivity index (χ4v) is 7.41. The van der Waals surface area contributed by atoms with E-state index in [1.54, 1.807) is 40.0 Å². The summed E-state index contributed by atoms with van der Waals surface area (Å²) in [5.41, 5.74) is 3.17. The third-order valence-corrected chi connectivity index (χ3v) is 12.1. The molecule has 1 heterocycles. The number of amidine groups is 1. The van der Waals surface area contributed by atoms with Gasteiger partial charge in [0.05, 0.1) is 58.9 Å². The molecule has 0 fully saturated rings. The summed E-state index contributed by atoms with van der Waals surface area (Å²) in [7, 11) is 5.36. The van der Waals surface area contributed by atoms with E-state index in [0.29, 0.717) is 105 Å². The van der Waals surface area contributed by atoms with E-state index in [2.05, 4.69) is 33.8 Å². The summed E-state index contributed by atoms with van der Waals surface area (Å²) in [6.07, 6.45) is 3.08. The van der Waals surface area contributed by atoms with Crippen LogP contribution in [0.2, 0.25) is 0 Å². The van der Waals surface area contributed by atoms with Crippen molar-refractivity contribution in [1.29, 1.82) is 0 Å². The molecule has 0 spiro atoms. The molecule has 2 N–H and O–H groups in total. The number of nitrogens with zero attached hydrogens (tertiary/aromatic N) is 3. The van der Waals surface area contributed by atoms with Gasteiger partial charge in [0.15, 0.2) is 5.78 Å². The molecule has 0 unspecified atom stereocenters. The number of Topliss-reactive ketones (excluding diaryl/α,β-unsaturated/α-hetero) is 1. The number of carbonyl (C=O) groups is 3. The highest BCUT2D eigenvalue weighted by Gasteiger charge is 2.29. The molecule has 1 aliphatic rings. The van der Waals surface area contributed by atoms with Crippen LogP contribution in [0, 0.1) is 13.8 Å². The van der Waals surface area contributed by atoms with E-state index in [9.17, 15) is 14.4 Å². The van der Waals surface area contributed by atoms with Crippen LogP contribution in [0.4, 0.5) is 0 Å². The summed E-state index contributed by atoms with van der Waals surface area (Å²) in [6, 6.07) is 12.2. The molecule has 1 aliphatic heterocycles. The number of methoxy groups -OCH3 is 2. The SMILES string of the molecule is COc1cc(C)c(SN(C)CCOCC(=O)N(CCCOCCOCCOCCCNC(=O)CCCC(=O)C(C)(C)OCCC(C)(C)OC)Cc2ccc(C3=NCCN3)cc2)c(C)c1. The first-order valence-corrected chi connectivity index (χ1v) is 23.4. The molecule has 2 amide bonds. The normalized spacial score (nSPS) is 12.9. The number of carbonyl (C=O) groups excluding carboxylic acids is 3. The Kier molecular flexibility index (Phi) is 25.5. The van der Waals surface area contributed by atoms with Gasteiger partial charge in [0.25, 0.3) is 0 Å². The molecule has 64 heavy (non-hydrogen) atoms. The summed E-state index contributed by atoms with van der Waals surface area (Å²) in [4.78, 5) is 45.9. The lowest BCUT2D eigenvalue weighted by Crippen LogP contribution is -2.37. The number of aliphatic imine (C=N–C) groups is 1. The molecule has 2 aromatic carbocycles. The smallest absolute Gasteiger partial charge is 0.248 e. The molecule has 0 radical (unpaired) electrons. The Hall–Kier alpha value is -3.61. The molecule has 15 nitrogen and oxygen atoms in total. The van der Waals surface area contributed by atoms with E-state index in [4.69, 9.17) is 33.2 Å². The number of aryl methyl sites for hydroxylation is 2. The first kappa shape index (κ1) is 54.7. The molecule has 2 aromatic rings. The van der Waals surface area contributed by atoms with E-state index in [1.807, 2.05) is 62.2 Å². The minimum Gasteiger partial charge on any atom is -0.497 e. The quantitative estimate of drug-likeness (QED) is 0.0619. The molecule has 0 saturated carbocycles. The van der Waals surface area contributed by atoms with Gasteiger partial charge in [-0.05, 0) is 115 Å². The van der Waals surface area contributed by atoms with E-state index in [1.165, 1.54) is 4.90 Å². The van der Waals surface area contributed by atoms with Gasteiger partial charge < -0.3 is 48.7 Å². The van der Waals surface area contributed by atoms with Crippen molar-refractivity contribution < 1.29 is 47.5 Å². The zero-order valence-corrected chi connectivity index (χ0v) is 41.0. The maximum Gasteiger partial charge on any atom is 0.248 e. The number of ether oxygens (including phenoxy) is 7. The Labute approximate surface area is 387 Å². The zero-order chi connectivity index (χ0) is 46.8. The number of nitrogens with one attached hydrogen (secondary N) is 2. The van der Waals surface area contributed by atoms with Crippen molar-refractivity contribution in [3.8, 4) is 5.75 Å². The number of ketones is 1. The van der Waals surface area contributed by atoms with Gasteiger partial charge in [-0.3, -0.25) is 19.4 Å². The Morgan fingerprint density at radius 3 is 2.09 bits per heavy atom. The predicted octanol–water partition coefficient (Wildman–Crippen LogP) is 5.94. The molecule has 0 bridgehead atoms. The van der Waals surface area contributed by atoms with Gasteiger partial charge in [0.2, 0.25) is 11.8 Å². The van der Waals surface area contributed by atoms with Gasteiger partial charge in [-0.1, -0.05) is 24.3 Å². The molecule has 0 aliphatic carbocycles. The van der Waals surface area contributed by atoms with Gasteiger partial charge in [-0.15, -0.1) is 0 Å². The van der Waals surface area contributed by atoms with Crippen LogP contribution in [-0.4, -0.2) is 157 Å². The predicted molar refractivity (Wildman–Crippen MR) is 252 cm³/mol. The largest absolute Gasteiger partial charge is 0.497 e. The van der Waals surface area contributed by atoms with Crippen molar-refractivity contribution in [3.05, 3.63) is 58.7 Å². The fraction of sp³-hybridized carbons (Fsp3) is 0.667. The number of hydrogen-bond acceptors (Lipinski definition) is 14. The molecule has 360 valence electrons. The highest BCUT2D eigenvalue weighted by Crippen LogP contribution is 2.31. The third-order valence-electron chi connectivity index (χ3n) is 10.8. The van der Waals surface area contributed by atoms with Gasteiger partial charge in [-0.2, -0.15) is 0 Å². The highest BCUT2D eigenvalue weighted by molar-refractivity contribution is 7.97. The summed E-state index contributed by atoms with van der Waals surface area (Å²) < 4.78 is 41.8. The molecule has 0 saturated heterocycles. The van der Waals surface area contributed by atoms with Crippen molar-refractivity contribution in [2.75, 3.05) is 113 Å². The van der Waals surface area contributed by atoms with Crippen molar-refractivity contribution in [2.24, 2.45) is 4.99 Å². The molecule has 0 atom stereocenters. The molecular weight excluding hydrogens is 839 g/mol. The van der Waals surface area contributed by atoms with Crippen LogP contribution in [0.15, 0.2) is 46.3 Å². The van der Waals surface area contributed by atoms with Crippen molar-refractivity contribution in [1.82, 2.24) is 19.8 Å². The second kappa shape index (κ2) is 29.8. The average molecular weight is 916 g/mol. The Morgan fingerprint density at radius 1 is 0.812 bits per heavy atom. The topological polar surface area (TPSA) is 159 Å². The number of benzene rings is 2. The average Bonchev–Trinajstić information content (AvgIpc) is 3.81. The maximum absolute atomic E-state index is 13.5. The van der Waals surface area contributed by atoms with E-state index in [0.717, 1.165) is 46.9 Å². The molecule has 16 heteroatoms. The maximum atomic E-state index is 13.5. The van der Waals surface area contributed by atoms with Crippen LogP contribution in [0.3, 0.4) is 0 Å². The number of amides is 2. The van der Waals surface area contributed by atoms with Crippen molar-refractivity contribution >= 4 is 35.4 Å².